The molecular formula is C13H28N2. The van der Waals surface area contributed by atoms with Crippen molar-refractivity contribution in [3.05, 3.63) is 0 Å². The Bertz CT molecular complexity index is 185. The molecule has 0 aromatic heterocycles. The summed E-state index contributed by atoms with van der Waals surface area (Å²) in [5.41, 5.74) is 0.361. The average Bonchev–Trinajstić information content (AvgIpc) is 2.98. The fourth-order valence-electron chi connectivity index (χ4n) is 2.08. The molecule has 1 N–H and O–H groups in total. The molecule has 1 aliphatic rings. The molecular weight excluding hydrogens is 184 g/mol. The highest BCUT2D eigenvalue weighted by molar-refractivity contribution is 4.85. The van der Waals surface area contributed by atoms with Crippen molar-refractivity contribution in [1.29, 1.82) is 0 Å². The summed E-state index contributed by atoms with van der Waals surface area (Å²) in [7, 11) is 2.06. The fourth-order valence-corrected chi connectivity index (χ4v) is 2.08. The molecule has 2 heteroatoms. The van der Waals surface area contributed by atoms with Gasteiger partial charge in [0.05, 0.1) is 0 Å². The lowest BCUT2D eigenvalue weighted by Gasteiger charge is -2.36. The minimum atomic E-state index is 0.361. The summed E-state index contributed by atoms with van der Waals surface area (Å²) in [4.78, 5) is 2.62. The lowest BCUT2D eigenvalue weighted by molar-refractivity contribution is 0.146. The molecule has 0 spiro atoms. The Kier molecular flexibility index (Phi) is 4.60. The first-order chi connectivity index (χ1) is 6.99. The van der Waals surface area contributed by atoms with Crippen molar-refractivity contribution in [2.75, 3.05) is 26.7 Å². The molecule has 0 aromatic rings. The maximum absolute atomic E-state index is 3.38. The second-order valence-electron chi connectivity index (χ2n) is 5.77. The molecule has 2 nitrogen and oxygen atoms in total. The zero-order chi connectivity index (χ0) is 11.5. The quantitative estimate of drug-likeness (QED) is 0.697. The summed E-state index contributed by atoms with van der Waals surface area (Å²) < 4.78 is 0. The largest absolute Gasteiger partial charge is 0.317 e. The average molecular weight is 212 g/mol. The van der Waals surface area contributed by atoms with Crippen LogP contribution < -0.4 is 5.32 Å². The monoisotopic (exact) mass is 212 g/mol. The van der Waals surface area contributed by atoms with Crippen LogP contribution in [0.15, 0.2) is 0 Å². The van der Waals surface area contributed by atoms with Crippen molar-refractivity contribution in [2.24, 2.45) is 11.3 Å². The van der Waals surface area contributed by atoms with Gasteiger partial charge < -0.3 is 10.2 Å². The molecule has 1 atom stereocenters. The van der Waals surface area contributed by atoms with Crippen molar-refractivity contribution in [1.82, 2.24) is 10.2 Å². The lowest BCUT2D eigenvalue weighted by Crippen LogP contribution is -2.46. The van der Waals surface area contributed by atoms with Gasteiger partial charge >= 0.3 is 0 Å². The number of nitrogens with zero attached hydrogens (tertiary/aromatic N) is 1. The Balaban J connectivity index is 2.40. The Morgan fingerprint density at radius 2 is 2.00 bits per heavy atom. The zero-order valence-electron chi connectivity index (χ0n) is 11.1. The molecule has 0 aliphatic heterocycles. The molecule has 1 saturated carbocycles. The lowest BCUT2D eigenvalue weighted by atomic mass is 9.85. The first kappa shape index (κ1) is 13.0. The number of nitrogens with one attached hydrogen (secondary N) is 1. The second-order valence-corrected chi connectivity index (χ2v) is 5.77. The van der Waals surface area contributed by atoms with E-state index in [-0.39, 0.29) is 0 Å². The van der Waals surface area contributed by atoms with Gasteiger partial charge in [-0.3, -0.25) is 0 Å². The van der Waals surface area contributed by atoms with Crippen LogP contribution in [-0.4, -0.2) is 37.6 Å². The highest BCUT2D eigenvalue weighted by atomic mass is 15.1. The summed E-state index contributed by atoms with van der Waals surface area (Å²) in [6.07, 6.45) is 2.91. The van der Waals surface area contributed by atoms with E-state index in [1.54, 1.807) is 0 Å². The van der Waals surface area contributed by atoms with Crippen LogP contribution in [0.5, 0.6) is 0 Å². The van der Waals surface area contributed by atoms with E-state index in [1.165, 1.54) is 32.5 Å². The Labute approximate surface area is 95.4 Å². The molecule has 1 rings (SSSR count). The van der Waals surface area contributed by atoms with Crippen LogP contribution in [-0.2, 0) is 0 Å². The summed E-state index contributed by atoms with van der Waals surface area (Å²) in [5.74, 6) is 1.01. The van der Waals surface area contributed by atoms with E-state index in [9.17, 15) is 0 Å². The molecule has 0 aromatic carbocycles. The molecule has 0 saturated heterocycles. The SMILES string of the molecule is CCN(CC1CC1)CC(C)(C)C(C)NC. The summed E-state index contributed by atoms with van der Waals surface area (Å²) in [6, 6.07) is 0.575. The third kappa shape index (κ3) is 4.12. The maximum Gasteiger partial charge on any atom is 0.00991 e. The number of hydrogen-bond acceptors (Lipinski definition) is 2. The second kappa shape index (κ2) is 5.31. The van der Waals surface area contributed by atoms with Gasteiger partial charge in [-0.1, -0.05) is 20.8 Å². The third-order valence-corrected chi connectivity index (χ3v) is 3.90. The summed E-state index contributed by atoms with van der Waals surface area (Å²) in [5, 5.41) is 3.38. The summed E-state index contributed by atoms with van der Waals surface area (Å²) >= 11 is 0. The molecule has 1 unspecified atom stereocenters. The number of hydrogen-bond donors (Lipinski definition) is 1. The third-order valence-electron chi connectivity index (χ3n) is 3.90. The van der Waals surface area contributed by atoms with Crippen molar-refractivity contribution in [3.63, 3.8) is 0 Å². The van der Waals surface area contributed by atoms with Crippen LogP contribution in [0, 0.1) is 11.3 Å². The predicted molar refractivity (Wildman–Crippen MR) is 67.1 cm³/mol. The van der Waals surface area contributed by atoms with Crippen molar-refractivity contribution in [2.45, 2.75) is 46.6 Å². The van der Waals surface area contributed by atoms with Gasteiger partial charge in [-0.15, -0.1) is 0 Å². The molecule has 15 heavy (non-hydrogen) atoms. The standard InChI is InChI=1S/C13H28N2/c1-6-15(9-12-7-8-12)10-13(3,4)11(2)14-5/h11-12,14H,6-10H2,1-5H3. The van der Waals surface area contributed by atoms with Gasteiger partial charge in [0.15, 0.2) is 0 Å². The normalized spacial score (nSPS) is 19.6. The van der Waals surface area contributed by atoms with Crippen LogP contribution in [0.25, 0.3) is 0 Å². The molecule has 0 amide bonds. The topological polar surface area (TPSA) is 15.3 Å². The van der Waals surface area contributed by atoms with Gasteiger partial charge in [0.1, 0.15) is 0 Å². The van der Waals surface area contributed by atoms with Crippen LogP contribution >= 0.6 is 0 Å². The van der Waals surface area contributed by atoms with Crippen molar-refractivity contribution >= 4 is 0 Å². The van der Waals surface area contributed by atoms with Crippen LogP contribution in [0.1, 0.15) is 40.5 Å². The van der Waals surface area contributed by atoms with Gasteiger partial charge in [0, 0.05) is 19.1 Å². The molecule has 0 bridgehead atoms. The zero-order valence-corrected chi connectivity index (χ0v) is 11.1. The smallest absolute Gasteiger partial charge is 0.00991 e. The van der Waals surface area contributed by atoms with Gasteiger partial charge in [-0.05, 0) is 44.7 Å². The van der Waals surface area contributed by atoms with E-state index in [4.69, 9.17) is 0 Å². The highest BCUT2D eigenvalue weighted by Gasteiger charge is 2.30. The van der Waals surface area contributed by atoms with Gasteiger partial charge in [0.2, 0.25) is 0 Å². The highest BCUT2D eigenvalue weighted by Crippen LogP contribution is 2.31. The van der Waals surface area contributed by atoms with E-state index in [0.717, 1.165) is 5.92 Å². The maximum atomic E-state index is 3.38. The van der Waals surface area contributed by atoms with E-state index in [0.29, 0.717) is 11.5 Å². The Hall–Kier alpha value is -0.0800. The molecule has 1 aliphatic carbocycles. The van der Waals surface area contributed by atoms with Gasteiger partial charge in [-0.25, -0.2) is 0 Å². The van der Waals surface area contributed by atoms with Gasteiger partial charge in [0.25, 0.3) is 0 Å². The Morgan fingerprint density at radius 3 is 2.40 bits per heavy atom. The van der Waals surface area contributed by atoms with Gasteiger partial charge in [-0.2, -0.15) is 0 Å². The molecule has 0 radical (unpaired) electrons. The number of rotatable bonds is 7. The molecule has 90 valence electrons. The predicted octanol–water partition coefficient (Wildman–Crippen LogP) is 2.35. The van der Waals surface area contributed by atoms with E-state index in [1.807, 2.05) is 0 Å². The first-order valence-electron chi connectivity index (χ1n) is 6.39. The molecule has 1 fully saturated rings. The van der Waals surface area contributed by atoms with E-state index >= 15 is 0 Å². The van der Waals surface area contributed by atoms with Crippen molar-refractivity contribution < 1.29 is 0 Å². The van der Waals surface area contributed by atoms with Crippen LogP contribution in [0.2, 0.25) is 0 Å². The van der Waals surface area contributed by atoms with E-state index < -0.39 is 0 Å². The van der Waals surface area contributed by atoms with Crippen LogP contribution in [0.4, 0.5) is 0 Å². The van der Waals surface area contributed by atoms with Crippen molar-refractivity contribution in [3.8, 4) is 0 Å². The fraction of sp³-hybridized carbons (Fsp3) is 1.00. The van der Waals surface area contributed by atoms with E-state index in [2.05, 4.69) is 45.0 Å². The molecule has 0 heterocycles. The van der Waals surface area contributed by atoms with Crippen LogP contribution in [0.3, 0.4) is 0 Å². The summed E-state index contributed by atoms with van der Waals surface area (Å²) in [6.45, 7) is 13.0. The first-order valence-corrected chi connectivity index (χ1v) is 6.39. The minimum Gasteiger partial charge on any atom is -0.317 e. The minimum absolute atomic E-state index is 0.361. The Morgan fingerprint density at radius 1 is 1.40 bits per heavy atom.